The number of anilines is 1. The number of hydrogen-bond donors (Lipinski definition) is 2. The second-order valence-electron chi connectivity index (χ2n) is 5.03. The minimum absolute atomic E-state index is 0.0000647. The molecule has 0 saturated carbocycles. The summed E-state index contributed by atoms with van der Waals surface area (Å²) in [5, 5.41) is 2.85. The van der Waals surface area contributed by atoms with E-state index in [1.165, 1.54) is 0 Å². The molecule has 0 radical (unpaired) electrons. The Bertz CT molecular complexity index is 493. The Morgan fingerprint density at radius 1 is 1.57 bits per heavy atom. The zero-order chi connectivity index (χ0) is 15.2. The largest absolute Gasteiger partial charge is 0.496 e. The first kappa shape index (κ1) is 15.6. The Kier molecular flexibility index (Phi) is 5.41. The van der Waals surface area contributed by atoms with Gasteiger partial charge in [-0.2, -0.15) is 0 Å². The lowest BCUT2D eigenvalue weighted by atomic mass is 10.1. The van der Waals surface area contributed by atoms with Crippen molar-refractivity contribution in [3.8, 4) is 5.75 Å². The van der Waals surface area contributed by atoms with Crippen LogP contribution in [0.4, 0.5) is 5.69 Å². The van der Waals surface area contributed by atoms with Crippen molar-refractivity contribution in [1.82, 2.24) is 10.2 Å². The molecule has 1 fully saturated rings. The van der Waals surface area contributed by atoms with Gasteiger partial charge in [-0.05, 0) is 25.1 Å². The monoisotopic (exact) mass is 293 g/mol. The number of likely N-dealkylation sites (N-methyl/N-ethyl adjacent to an activating group) is 1. The third-order valence-electron chi connectivity index (χ3n) is 3.57. The Morgan fingerprint density at radius 2 is 2.38 bits per heavy atom. The Hall–Kier alpha value is -1.79. The number of methoxy groups -OCH3 is 1. The molecular formula is C15H23N3O3. The molecule has 1 aliphatic rings. The number of hydrogen-bond acceptors (Lipinski definition) is 5. The lowest BCUT2D eigenvalue weighted by molar-refractivity contribution is -0.132. The molecule has 0 aromatic heterocycles. The molecule has 1 unspecified atom stereocenters. The van der Waals surface area contributed by atoms with Crippen molar-refractivity contribution in [2.75, 3.05) is 39.1 Å². The highest BCUT2D eigenvalue weighted by molar-refractivity contribution is 5.82. The summed E-state index contributed by atoms with van der Waals surface area (Å²) in [5.74, 6) is 0.783. The van der Waals surface area contributed by atoms with Crippen LogP contribution in [0.1, 0.15) is 12.5 Å². The molecule has 3 N–H and O–H groups in total. The van der Waals surface area contributed by atoms with Gasteiger partial charge < -0.3 is 20.5 Å². The molecule has 1 atom stereocenters. The number of nitrogens with zero attached hydrogens (tertiary/aromatic N) is 1. The van der Waals surface area contributed by atoms with Crippen molar-refractivity contribution in [2.24, 2.45) is 0 Å². The number of ether oxygens (including phenoxy) is 2. The van der Waals surface area contributed by atoms with E-state index in [1.807, 2.05) is 25.1 Å². The highest BCUT2D eigenvalue weighted by atomic mass is 16.5. The summed E-state index contributed by atoms with van der Waals surface area (Å²) in [7, 11) is 1.63. The average molecular weight is 293 g/mol. The molecule has 1 aromatic carbocycles. The highest BCUT2D eigenvalue weighted by Gasteiger charge is 2.29. The van der Waals surface area contributed by atoms with Gasteiger partial charge in [-0.3, -0.25) is 9.69 Å². The predicted octanol–water partition coefficient (Wildman–Crippen LogP) is 0.614. The maximum absolute atomic E-state index is 12.1. The summed E-state index contributed by atoms with van der Waals surface area (Å²) in [6, 6.07) is 5.28. The predicted molar refractivity (Wildman–Crippen MR) is 81.1 cm³/mol. The topological polar surface area (TPSA) is 76.8 Å². The SMILES string of the molecule is CCNC(=O)C1COCCN1Cc1cc(N)ccc1OC. The fourth-order valence-electron chi connectivity index (χ4n) is 2.50. The molecule has 0 bridgehead atoms. The molecule has 21 heavy (non-hydrogen) atoms. The number of amides is 1. The second-order valence-corrected chi connectivity index (χ2v) is 5.03. The van der Waals surface area contributed by atoms with E-state index in [1.54, 1.807) is 7.11 Å². The summed E-state index contributed by atoms with van der Waals surface area (Å²) in [4.78, 5) is 14.2. The van der Waals surface area contributed by atoms with Crippen LogP contribution in [0.3, 0.4) is 0 Å². The Labute approximate surface area is 125 Å². The van der Waals surface area contributed by atoms with Crippen LogP contribution in [-0.4, -0.2) is 50.3 Å². The zero-order valence-corrected chi connectivity index (χ0v) is 12.6. The van der Waals surface area contributed by atoms with Gasteiger partial charge in [-0.1, -0.05) is 0 Å². The first-order chi connectivity index (χ1) is 10.2. The second kappa shape index (κ2) is 7.28. The molecule has 0 spiro atoms. The molecule has 0 aliphatic carbocycles. The first-order valence-electron chi connectivity index (χ1n) is 7.17. The minimum atomic E-state index is -0.273. The van der Waals surface area contributed by atoms with Gasteiger partial charge in [0.05, 0.1) is 20.3 Å². The van der Waals surface area contributed by atoms with Crippen LogP contribution in [-0.2, 0) is 16.1 Å². The van der Waals surface area contributed by atoms with Crippen molar-refractivity contribution < 1.29 is 14.3 Å². The van der Waals surface area contributed by atoms with Gasteiger partial charge in [0.15, 0.2) is 0 Å². The van der Waals surface area contributed by atoms with E-state index in [0.29, 0.717) is 38.5 Å². The van der Waals surface area contributed by atoms with E-state index >= 15 is 0 Å². The first-order valence-corrected chi connectivity index (χ1v) is 7.17. The molecule has 1 heterocycles. The van der Waals surface area contributed by atoms with E-state index in [4.69, 9.17) is 15.2 Å². The van der Waals surface area contributed by atoms with Crippen molar-refractivity contribution in [2.45, 2.75) is 19.5 Å². The number of morpholine rings is 1. The summed E-state index contributed by atoms with van der Waals surface area (Å²) in [6.45, 7) is 4.88. The van der Waals surface area contributed by atoms with Crippen LogP contribution in [0, 0.1) is 0 Å². The molecule has 2 rings (SSSR count). The van der Waals surface area contributed by atoms with E-state index < -0.39 is 0 Å². The molecule has 1 amide bonds. The van der Waals surface area contributed by atoms with Crippen molar-refractivity contribution >= 4 is 11.6 Å². The van der Waals surface area contributed by atoms with Gasteiger partial charge in [-0.25, -0.2) is 0 Å². The van der Waals surface area contributed by atoms with Crippen LogP contribution in [0.15, 0.2) is 18.2 Å². The zero-order valence-electron chi connectivity index (χ0n) is 12.6. The Morgan fingerprint density at radius 3 is 3.10 bits per heavy atom. The van der Waals surface area contributed by atoms with Gasteiger partial charge in [0.2, 0.25) is 5.91 Å². The van der Waals surface area contributed by atoms with E-state index in [-0.39, 0.29) is 11.9 Å². The number of nitrogens with one attached hydrogen (secondary N) is 1. The number of carbonyl (C=O) groups excluding carboxylic acids is 1. The van der Waals surface area contributed by atoms with Crippen molar-refractivity contribution in [3.63, 3.8) is 0 Å². The van der Waals surface area contributed by atoms with Crippen LogP contribution < -0.4 is 15.8 Å². The van der Waals surface area contributed by atoms with Crippen molar-refractivity contribution in [3.05, 3.63) is 23.8 Å². The average Bonchev–Trinajstić information content (AvgIpc) is 2.48. The van der Waals surface area contributed by atoms with Gasteiger partial charge in [0.1, 0.15) is 11.8 Å². The standard InChI is InChI=1S/C15H23N3O3/c1-3-17-15(19)13-10-21-7-6-18(13)9-11-8-12(16)4-5-14(11)20-2/h4-5,8,13H,3,6-7,9-10,16H2,1-2H3,(H,17,19). The van der Waals surface area contributed by atoms with Crippen LogP contribution in [0.2, 0.25) is 0 Å². The van der Waals surface area contributed by atoms with Gasteiger partial charge in [-0.15, -0.1) is 0 Å². The van der Waals surface area contributed by atoms with Gasteiger partial charge in [0.25, 0.3) is 0 Å². The maximum Gasteiger partial charge on any atom is 0.239 e. The molecule has 116 valence electrons. The van der Waals surface area contributed by atoms with Crippen LogP contribution in [0.5, 0.6) is 5.75 Å². The molecule has 1 saturated heterocycles. The van der Waals surface area contributed by atoms with E-state index in [2.05, 4.69) is 10.2 Å². The van der Waals surface area contributed by atoms with Crippen molar-refractivity contribution in [1.29, 1.82) is 0 Å². The minimum Gasteiger partial charge on any atom is -0.496 e. The third-order valence-corrected chi connectivity index (χ3v) is 3.57. The van der Waals surface area contributed by atoms with Crippen LogP contribution >= 0.6 is 0 Å². The lowest BCUT2D eigenvalue weighted by Gasteiger charge is -2.34. The summed E-state index contributed by atoms with van der Waals surface area (Å²) >= 11 is 0. The number of nitrogen functional groups attached to an aromatic ring is 1. The summed E-state index contributed by atoms with van der Waals surface area (Å²) in [5.41, 5.74) is 7.52. The quantitative estimate of drug-likeness (QED) is 0.778. The smallest absolute Gasteiger partial charge is 0.239 e. The summed E-state index contributed by atoms with van der Waals surface area (Å²) in [6.07, 6.45) is 0. The Balaban J connectivity index is 2.15. The number of benzene rings is 1. The molecule has 1 aliphatic heterocycles. The molecule has 6 nitrogen and oxygen atoms in total. The number of carbonyl (C=O) groups is 1. The third kappa shape index (κ3) is 3.86. The molecule has 6 heteroatoms. The number of nitrogens with two attached hydrogens (primary N) is 1. The van der Waals surface area contributed by atoms with Crippen LogP contribution in [0.25, 0.3) is 0 Å². The highest BCUT2D eigenvalue weighted by Crippen LogP contribution is 2.24. The normalized spacial score (nSPS) is 19.2. The molecular weight excluding hydrogens is 270 g/mol. The van der Waals surface area contributed by atoms with Gasteiger partial charge >= 0.3 is 0 Å². The van der Waals surface area contributed by atoms with E-state index in [9.17, 15) is 4.79 Å². The molecule has 1 aromatic rings. The van der Waals surface area contributed by atoms with E-state index in [0.717, 1.165) is 11.3 Å². The summed E-state index contributed by atoms with van der Waals surface area (Å²) < 4.78 is 10.8. The number of rotatable bonds is 5. The maximum atomic E-state index is 12.1. The fourth-order valence-corrected chi connectivity index (χ4v) is 2.50. The lowest BCUT2D eigenvalue weighted by Crippen LogP contribution is -2.53. The van der Waals surface area contributed by atoms with Gasteiger partial charge in [0, 0.05) is 30.9 Å². The fraction of sp³-hybridized carbons (Fsp3) is 0.533.